The average Bonchev–Trinajstić information content (AvgIpc) is 3.47. The molecule has 146 valence electrons. The first-order chi connectivity index (χ1) is 14.0. The summed E-state index contributed by atoms with van der Waals surface area (Å²) in [5.41, 5.74) is 0.0895. The second-order valence-corrected chi connectivity index (χ2v) is 6.94. The normalized spacial score (nSPS) is 10.8. The average molecular weight is 414 g/mol. The lowest BCUT2D eigenvalue weighted by Gasteiger charge is -2.02. The summed E-state index contributed by atoms with van der Waals surface area (Å²) >= 11 is 1.28. The number of carbonyl (C=O) groups is 2. The van der Waals surface area contributed by atoms with Gasteiger partial charge in [0, 0.05) is 18.0 Å². The number of benzene rings is 1. The molecule has 0 aliphatic heterocycles. The number of amides is 1. The van der Waals surface area contributed by atoms with Crippen LogP contribution < -0.4 is 5.32 Å². The van der Waals surface area contributed by atoms with E-state index in [4.69, 9.17) is 0 Å². The Morgan fingerprint density at radius 2 is 1.93 bits per heavy atom. The van der Waals surface area contributed by atoms with Crippen molar-refractivity contribution in [3.8, 4) is 10.7 Å². The Bertz CT molecular complexity index is 1160. The number of hydrogen-bond donors (Lipinski definition) is 3. The molecule has 4 rings (SSSR count). The summed E-state index contributed by atoms with van der Waals surface area (Å²) in [5, 5.41) is 18.4. The highest BCUT2D eigenvalue weighted by Crippen LogP contribution is 2.21. The molecule has 0 fully saturated rings. The molecule has 3 heterocycles. The Hall–Kier alpha value is -3.73. The fraction of sp³-hybridized carbons (Fsp3) is 0.0556. The van der Waals surface area contributed by atoms with Gasteiger partial charge in [-0.1, -0.05) is 17.4 Å². The third-order valence-corrected chi connectivity index (χ3v) is 4.93. The second-order valence-electron chi connectivity index (χ2n) is 5.88. The molecule has 29 heavy (non-hydrogen) atoms. The minimum Gasteiger partial charge on any atom is -0.356 e. The SMILES string of the molecule is O=C(NCc1nnc(-c2ccn[nH]2)s1)c1cc(C(=O)c2c(F)cccc2F)c[nH]1. The van der Waals surface area contributed by atoms with Crippen LogP contribution in [0.25, 0.3) is 10.7 Å². The summed E-state index contributed by atoms with van der Waals surface area (Å²) in [6, 6.07) is 6.15. The Morgan fingerprint density at radius 1 is 1.14 bits per heavy atom. The number of H-pyrrole nitrogens is 2. The highest BCUT2D eigenvalue weighted by Gasteiger charge is 2.21. The van der Waals surface area contributed by atoms with Gasteiger partial charge in [-0.25, -0.2) is 8.78 Å². The molecule has 1 aromatic carbocycles. The lowest BCUT2D eigenvalue weighted by molar-refractivity contribution is 0.0946. The van der Waals surface area contributed by atoms with E-state index >= 15 is 0 Å². The number of rotatable bonds is 6. The minimum absolute atomic E-state index is 0.0309. The number of nitrogens with one attached hydrogen (secondary N) is 3. The minimum atomic E-state index is -0.966. The van der Waals surface area contributed by atoms with Crippen molar-refractivity contribution in [2.75, 3.05) is 0 Å². The summed E-state index contributed by atoms with van der Waals surface area (Å²) in [6.07, 6.45) is 2.82. The molecule has 0 atom stereocenters. The lowest BCUT2D eigenvalue weighted by Crippen LogP contribution is -2.23. The van der Waals surface area contributed by atoms with E-state index in [0.29, 0.717) is 15.7 Å². The maximum Gasteiger partial charge on any atom is 0.268 e. The van der Waals surface area contributed by atoms with Crippen LogP contribution in [-0.4, -0.2) is 37.1 Å². The van der Waals surface area contributed by atoms with Crippen LogP contribution in [0.15, 0.2) is 42.7 Å². The molecule has 1 amide bonds. The molecule has 8 nitrogen and oxygen atoms in total. The van der Waals surface area contributed by atoms with Crippen molar-refractivity contribution in [2.45, 2.75) is 6.54 Å². The first-order valence-electron chi connectivity index (χ1n) is 8.30. The van der Waals surface area contributed by atoms with Gasteiger partial charge in [0.2, 0.25) is 0 Å². The van der Waals surface area contributed by atoms with Crippen LogP contribution in [0.2, 0.25) is 0 Å². The molecule has 0 spiro atoms. The van der Waals surface area contributed by atoms with Gasteiger partial charge in [0.15, 0.2) is 10.8 Å². The molecule has 11 heteroatoms. The maximum absolute atomic E-state index is 13.8. The zero-order valence-corrected chi connectivity index (χ0v) is 15.4. The van der Waals surface area contributed by atoms with E-state index < -0.39 is 28.9 Å². The van der Waals surface area contributed by atoms with E-state index in [1.54, 1.807) is 12.3 Å². The number of hydrogen-bond acceptors (Lipinski definition) is 6. The van der Waals surface area contributed by atoms with E-state index in [-0.39, 0.29) is 17.8 Å². The van der Waals surface area contributed by atoms with Crippen molar-refractivity contribution >= 4 is 23.0 Å². The van der Waals surface area contributed by atoms with E-state index in [1.807, 2.05) is 0 Å². The fourth-order valence-corrected chi connectivity index (χ4v) is 3.33. The van der Waals surface area contributed by atoms with Gasteiger partial charge in [-0.15, -0.1) is 10.2 Å². The van der Waals surface area contributed by atoms with Gasteiger partial charge in [-0.2, -0.15) is 5.10 Å². The molecule has 3 aromatic heterocycles. The number of carbonyl (C=O) groups excluding carboxylic acids is 2. The number of aromatic nitrogens is 5. The molecule has 0 aliphatic carbocycles. The fourth-order valence-electron chi connectivity index (χ4n) is 2.58. The highest BCUT2D eigenvalue weighted by molar-refractivity contribution is 7.14. The van der Waals surface area contributed by atoms with Crippen molar-refractivity contribution in [3.05, 3.63) is 76.2 Å². The van der Waals surface area contributed by atoms with Gasteiger partial charge in [0.25, 0.3) is 5.91 Å². The molecule has 3 N–H and O–H groups in total. The van der Waals surface area contributed by atoms with Crippen molar-refractivity contribution < 1.29 is 18.4 Å². The predicted octanol–water partition coefficient (Wildman–Crippen LogP) is 2.70. The van der Waals surface area contributed by atoms with Gasteiger partial charge in [0.05, 0.1) is 17.8 Å². The van der Waals surface area contributed by atoms with Crippen LogP contribution in [0.4, 0.5) is 8.78 Å². The molecule has 0 aliphatic rings. The Balaban J connectivity index is 1.43. The number of halogens is 2. The standard InChI is InChI=1S/C18H12F2N6O2S/c19-10-2-1-3-11(20)15(10)16(27)9-6-13(21-7-9)17(28)22-8-14-25-26-18(29-14)12-4-5-23-24-12/h1-7,21H,8H2,(H,22,28)(H,23,24). The zero-order valence-electron chi connectivity index (χ0n) is 14.6. The largest absolute Gasteiger partial charge is 0.356 e. The quantitative estimate of drug-likeness (QED) is 0.420. The van der Waals surface area contributed by atoms with Gasteiger partial charge in [-0.05, 0) is 24.3 Å². The summed E-state index contributed by atoms with van der Waals surface area (Å²) in [4.78, 5) is 27.3. The topological polar surface area (TPSA) is 116 Å². The Labute approximate surface area is 166 Å². The molecular formula is C18H12F2N6O2S. The Kier molecular flexibility index (Phi) is 4.96. The van der Waals surface area contributed by atoms with Crippen molar-refractivity contribution in [1.29, 1.82) is 0 Å². The molecule has 0 unspecified atom stereocenters. The van der Waals surface area contributed by atoms with E-state index in [2.05, 4.69) is 30.7 Å². The smallest absolute Gasteiger partial charge is 0.268 e. The first-order valence-corrected chi connectivity index (χ1v) is 9.12. The van der Waals surface area contributed by atoms with Gasteiger partial charge in [0.1, 0.15) is 22.3 Å². The van der Waals surface area contributed by atoms with Crippen LogP contribution in [-0.2, 0) is 6.54 Å². The maximum atomic E-state index is 13.8. The van der Waals surface area contributed by atoms with Crippen molar-refractivity contribution in [2.24, 2.45) is 0 Å². The van der Waals surface area contributed by atoms with Crippen LogP contribution >= 0.6 is 11.3 Å². The first kappa shape index (κ1) is 18.6. The molecule has 0 bridgehead atoms. The lowest BCUT2D eigenvalue weighted by atomic mass is 10.0. The third-order valence-electron chi connectivity index (χ3n) is 3.98. The third kappa shape index (κ3) is 3.80. The predicted molar refractivity (Wildman–Crippen MR) is 99.2 cm³/mol. The summed E-state index contributed by atoms with van der Waals surface area (Å²) in [7, 11) is 0. The summed E-state index contributed by atoms with van der Waals surface area (Å²) in [6.45, 7) is 0.120. The Morgan fingerprint density at radius 3 is 2.66 bits per heavy atom. The van der Waals surface area contributed by atoms with Crippen LogP contribution in [0.1, 0.15) is 31.4 Å². The molecular weight excluding hydrogens is 402 g/mol. The highest BCUT2D eigenvalue weighted by atomic mass is 32.1. The van der Waals surface area contributed by atoms with Gasteiger partial charge < -0.3 is 10.3 Å². The summed E-state index contributed by atoms with van der Waals surface area (Å²) in [5.74, 6) is -3.29. The number of nitrogens with zero attached hydrogens (tertiary/aromatic N) is 3. The monoisotopic (exact) mass is 414 g/mol. The zero-order chi connectivity index (χ0) is 20.4. The van der Waals surface area contributed by atoms with Gasteiger partial charge in [-0.3, -0.25) is 14.7 Å². The molecule has 4 aromatic rings. The molecule has 0 saturated heterocycles. The van der Waals surface area contributed by atoms with Crippen LogP contribution in [0.5, 0.6) is 0 Å². The van der Waals surface area contributed by atoms with Crippen LogP contribution in [0, 0.1) is 11.6 Å². The van der Waals surface area contributed by atoms with E-state index in [1.165, 1.54) is 29.7 Å². The second kappa shape index (κ2) is 7.72. The number of aromatic amines is 2. The van der Waals surface area contributed by atoms with Crippen molar-refractivity contribution in [3.63, 3.8) is 0 Å². The van der Waals surface area contributed by atoms with E-state index in [0.717, 1.165) is 12.1 Å². The van der Waals surface area contributed by atoms with Crippen molar-refractivity contribution in [1.82, 2.24) is 30.7 Å². The molecule has 0 radical (unpaired) electrons. The van der Waals surface area contributed by atoms with E-state index in [9.17, 15) is 18.4 Å². The molecule has 0 saturated carbocycles. The van der Waals surface area contributed by atoms with Crippen LogP contribution in [0.3, 0.4) is 0 Å². The number of ketones is 1. The summed E-state index contributed by atoms with van der Waals surface area (Å²) < 4.78 is 27.6. The van der Waals surface area contributed by atoms with Gasteiger partial charge >= 0.3 is 0 Å².